The molecule has 0 aromatic carbocycles. The molecule has 0 aliphatic rings. The third-order valence-corrected chi connectivity index (χ3v) is 5.15. The second kappa shape index (κ2) is 10.9. The summed E-state index contributed by atoms with van der Waals surface area (Å²) in [6, 6.07) is 0. The summed E-state index contributed by atoms with van der Waals surface area (Å²) in [5.41, 5.74) is 0. The molecule has 0 fully saturated rings. The molecule has 0 aromatic rings. The van der Waals surface area contributed by atoms with Gasteiger partial charge in [-0.25, -0.2) is 0 Å². The van der Waals surface area contributed by atoms with Crippen LogP contribution in [0.4, 0.5) is 0 Å². The van der Waals surface area contributed by atoms with E-state index in [0.29, 0.717) is 0 Å². The van der Waals surface area contributed by atoms with Crippen LogP contribution >= 0.6 is 0 Å². The van der Waals surface area contributed by atoms with Crippen LogP contribution in [0.3, 0.4) is 0 Å². The van der Waals surface area contributed by atoms with E-state index >= 15 is 0 Å². The summed E-state index contributed by atoms with van der Waals surface area (Å²) < 4.78 is 0. The molecule has 0 saturated heterocycles. The molecule has 0 nitrogen and oxygen atoms in total. The molecule has 18 heavy (non-hydrogen) atoms. The zero-order valence-electron chi connectivity index (χ0n) is 14.0. The van der Waals surface area contributed by atoms with Gasteiger partial charge in [-0.1, -0.05) is 92.9 Å². The van der Waals surface area contributed by atoms with Gasteiger partial charge in [-0.15, -0.1) is 0 Å². The van der Waals surface area contributed by atoms with Gasteiger partial charge in [-0.05, 0) is 23.7 Å². The van der Waals surface area contributed by atoms with Crippen LogP contribution in [0.25, 0.3) is 0 Å². The molecular weight excluding hydrogens is 216 g/mol. The Morgan fingerprint density at radius 3 is 1.17 bits per heavy atom. The standard InChI is InChI=1S/C18H38/c1-7-9-11-13-15(3)17(5)18(6)16(4)14-12-10-8-2/h15-18H,7-14H2,1-6H3. The Morgan fingerprint density at radius 1 is 0.556 bits per heavy atom. The van der Waals surface area contributed by atoms with E-state index in [4.69, 9.17) is 0 Å². The molecule has 0 radical (unpaired) electrons. The van der Waals surface area contributed by atoms with Crippen LogP contribution in [0.5, 0.6) is 0 Å². The highest BCUT2D eigenvalue weighted by molar-refractivity contribution is 4.73. The molecule has 0 aliphatic carbocycles. The minimum Gasteiger partial charge on any atom is -0.0654 e. The van der Waals surface area contributed by atoms with Gasteiger partial charge in [-0.3, -0.25) is 0 Å². The highest BCUT2D eigenvalue weighted by Gasteiger charge is 2.23. The highest BCUT2D eigenvalue weighted by Crippen LogP contribution is 2.32. The minimum absolute atomic E-state index is 0.887. The van der Waals surface area contributed by atoms with Crippen LogP contribution in [-0.2, 0) is 0 Å². The van der Waals surface area contributed by atoms with E-state index in [1.165, 1.54) is 51.4 Å². The van der Waals surface area contributed by atoms with Crippen molar-refractivity contribution in [3.8, 4) is 0 Å². The summed E-state index contributed by atoms with van der Waals surface area (Å²) in [5, 5.41) is 0. The van der Waals surface area contributed by atoms with E-state index in [2.05, 4.69) is 41.5 Å². The van der Waals surface area contributed by atoms with E-state index in [0.717, 1.165) is 23.7 Å². The van der Waals surface area contributed by atoms with Crippen LogP contribution in [0.1, 0.15) is 92.9 Å². The van der Waals surface area contributed by atoms with Crippen molar-refractivity contribution in [3.63, 3.8) is 0 Å². The molecule has 0 aliphatic heterocycles. The molecular formula is C18H38. The fourth-order valence-corrected chi connectivity index (χ4v) is 2.99. The topological polar surface area (TPSA) is 0 Å². The maximum atomic E-state index is 2.48. The van der Waals surface area contributed by atoms with Crippen LogP contribution in [0.2, 0.25) is 0 Å². The van der Waals surface area contributed by atoms with Gasteiger partial charge in [0, 0.05) is 0 Å². The largest absolute Gasteiger partial charge is 0.0654 e. The third-order valence-electron chi connectivity index (χ3n) is 5.15. The van der Waals surface area contributed by atoms with Crippen molar-refractivity contribution < 1.29 is 0 Å². The van der Waals surface area contributed by atoms with Crippen LogP contribution in [0.15, 0.2) is 0 Å². The Balaban J connectivity index is 3.93. The lowest BCUT2D eigenvalue weighted by Gasteiger charge is -2.31. The molecule has 4 unspecified atom stereocenters. The fraction of sp³-hybridized carbons (Fsp3) is 1.00. The van der Waals surface area contributed by atoms with Crippen molar-refractivity contribution in [3.05, 3.63) is 0 Å². The Bertz CT molecular complexity index is 153. The van der Waals surface area contributed by atoms with Crippen LogP contribution in [-0.4, -0.2) is 0 Å². The average Bonchev–Trinajstić information content (AvgIpc) is 2.37. The molecule has 0 bridgehead atoms. The van der Waals surface area contributed by atoms with Crippen LogP contribution < -0.4 is 0 Å². The Labute approximate surface area is 117 Å². The van der Waals surface area contributed by atoms with Crippen molar-refractivity contribution in [2.75, 3.05) is 0 Å². The number of rotatable bonds is 11. The van der Waals surface area contributed by atoms with E-state index in [9.17, 15) is 0 Å². The van der Waals surface area contributed by atoms with Crippen molar-refractivity contribution in [1.82, 2.24) is 0 Å². The number of hydrogen-bond donors (Lipinski definition) is 0. The van der Waals surface area contributed by atoms with E-state index in [-0.39, 0.29) is 0 Å². The molecule has 0 aromatic heterocycles. The quantitative estimate of drug-likeness (QED) is 0.360. The van der Waals surface area contributed by atoms with E-state index in [1.807, 2.05) is 0 Å². The summed E-state index contributed by atoms with van der Waals surface area (Å²) in [5.74, 6) is 3.58. The normalized spacial score (nSPS) is 18.3. The van der Waals surface area contributed by atoms with Gasteiger partial charge in [0.2, 0.25) is 0 Å². The summed E-state index contributed by atoms with van der Waals surface area (Å²) in [7, 11) is 0. The maximum Gasteiger partial charge on any atom is -0.0389 e. The summed E-state index contributed by atoms with van der Waals surface area (Å²) in [6.07, 6.45) is 11.3. The summed E-state index contributed by atoms with van der Waals surface area (Å²) >= 11 is 0. The Kier molecular flexibility index (Phi) is 10.9. The molecule has 0 rings (SSSR count). The molecule has 0 heterocycles. The first-order valence-electron chi connectivity index (χ1n) is 8.54. The maximum absolute atomic E-state index is 2.48. The van der Waals surface area contributed by atoms with Crippen molar-refractivity contribution in [2.45, 2.75) is 92.9 Å². The lowest BCUT2D eigenvalue weighted by atomic mass is 9.75. The molecule has 0 spiro atoms. The molecule has 110 valence electrons. The van der Waals surface area contributed by atoms with Gasteiger partial charge in [0.05, 0.1) is 0 Å². The lowest BCUT2D eigenvalue weighted by Crippen LogP contribution is -2.22. The van der Waals surface area contributed by atoms with Gasteiger partial charge in [0.1, 0.15) is 0 Å². The molecule has 0 N–H and O–H groups in total. The monoisotopic (exact) mass is 254 g/mol. The minimum atomic E-state index is 0.887. The average molecular weight is 255 g/mol. The fourth-order valence-electron chi connectivity index (χ4n) is 2.99. The van der Waals surface area contributed by atoms with E-state index < -0.39 is 0 Å². The predicted molar refractivity (Wildman–Crippen MR) is 84.9 cm³/mol. The van der Waals surface area contributed by atoms with Crippen LogP contribution in [0, 0.1) is 23.7 Å². The first-order chi connectivity index (χ1) is 8.54. The Morgan fingerprint density at radius 2 is 0.889 bits per heavy atom. The summed E-state index contributed by atoms with van der Waals surface area (Å²) in [6.45, 7) is 14.5. The molecule has 0 heteroatoms. The molecule has 0 amide bonds. The third kappa shape index (κ3) is 7.44. The molecule has 4 atom stereocenters. The van der Waals surface area contributed by atoms with Crippen molar-refractivity contribution in [2.24, 2.45) is 23.7 Å². The lowest BCUT2D eigenvalue weighted by molar-refractivity contribution is 0.192. The molecule has 0 saturated carbocycles. The number of hydrogen-bond acceptors (Lipinski definition) is 0. The zero-order valence-corrected chi connectivity index (χ0v) is 14.0. The smallest absolute Gasteiger partial charge is 0.0389 e. The first kappa shape index (κ1) is 18.0. The van der Waals surface area contributed by atoms with Gasteiger partial charge < -0.3 is 0 Å². The van der Waals surface area contributed by atoms with Gasteiger partial charge in [-0.2, -0.15) is 0 Å². The highest BCUT2D eigenvalue weighted by atomic mass is 14.3. The Hall–Kier alpha value is 0. The first-order valence-corrected chi connectivity index (χ1v) is 8.54. The predicted octanol–water partition coefficient (Wildman–Crippen LogP) is 6.69. The summed E-state index contributed by atoms with van der Waals surface area (Å²) in [4.78, 5) is 0. The number of unbranched alkanes of at least 4 members (excludes halogenated alkanes) is 4. The SMILES string of the molecule is CCCCCC(C)C(C)C(C)C(C)CCCCC. The van der Waals surface area contributed by atoms with Gasteiger partial charge >= 0.3 is 0 Å². The van der Waals surface area contributed by atoms with E-state index in [1.54, 1.807) is 0 Å². The van der Waals surface area contributed by atoms with Gasteiger partial charge in [0.25, 0.3) is 0 Å². The second-order valence-electron chi connectivity index (χ2n) is 6.66. The second-order valence-corrected chi connectivity index (χ2v) is 6.66. The van der Waals surface area contributed by atoms with Crippen molar-refractivity contribution >= 4 is 0 Å². The zero-order chi connectivity index (χ0) is 14.0. The van der Waals surface area contributed by atoms with Gasteiger partial charge in [0.15, 0.2) is 0 Å². The van der Waals surface area contributed by atoms with Crippen molar-refractivity contribution in [1.29, 1.82) is 0 Å².